The summed E-state index contributed by atoms with van der Waals surface area (Å²) in [5.74, 6) is 0.372. The highest BCUT2D eigenvalue weighted by Crippen LogP contribution is 2.06. The summed E-state index contributed by atoms with van der Waals surface area (Å²) in [6, 6.07) is 10.4. The van der Waals surface area contributed by atoms with Crippen molar-refractivity contribution in [2.45, 2.75) is 26.3 Å². The van der Waals surface area contributed by atoms with E-state index in [0.717, 1.165) is 0 Å². The van der Waals surface area contributed by atoms with Gasteiger partial charge in [0, 0.05) is 5.69 Å². The molecular weight excluding hydrogens is 214 g/mol. The van der Waals surface area contributed by atoms with Crippen LogP contribution in [0.5, 0.6) is 0 Å². The predicted octanol–water partition coefficient (Wildman–Crippen LogP) is 2.75. The molecule has 1 aromatic rings. The van der Waals surface area contributed by atoms with E-state index in [1.165, 1.54) is 0 Å². The normalized spacial score (nSPS) is 11.6. The third kappa shape index (κ3) is 5.03. The fourth-order valence-corrected chi connectivity index (χ4v) is 1.46. The van der Waals surface area contributed by atoms with E-state index < -0.39 is 6.04 Å². The number of hydrogen-bond acceptors (Lipinski definition) is 2. The summed E-state index contributed by atoms with van der Waals surface area (Å²) in [5.41, 5.74) is 0.714. The lowest BCUT2D eigenvalue weighted by atomic mass is 10.1. The van der Waals surface area contributed by atoms with Crippen molar-refractivity contribution in [2.75, 3.05) is 5.32 Å². The number of para-hydroxylation sites is 1. The van der Waals surface area contributed by atoms with Crippen LogP contribution in [0, 0.1) is 17.2 Å². The molecule has 90 valence electrons. The first-order chi connectivity index (χ1) is 8.11. The maximum atomic E-state index is 11.6. The molecule has 1 unspecified atom stereocenters. The molecule has 0 aliphatic heterocycles. The Bertz CT molecular complexity index is 395. The van der Waals surface area contributed by atoms with Gasteiger partial charge in [-0.25, -0.2) is 4.79 Å². The summed E-state index contributed by atoms with van der Waals surface area (Å²) in [6.07, 6.45) is 0.651. The van der Waals surface area contributed by atoms with Gasteiger partial charge in [-0.15, -0.1) is 0 Å². The fourth-order valence-electron chi connectivity index (χ4n) is 1.46. The topological polar surface area (TPSA) is 64.9 Å². The van der Waals surface area contributed by atoms with Gasteiger partial charge in [-0.05, 0) is 24.5 Å². The van der Waals surface area contributed by atoms with Crippen LogP contribution in [0.2, 0.25) is 0 Å². The minimum atomic E-state index is -0.446. The largest absolute Gasteiger partial charge is 0.322 e. The van der Waals surface area contributed by atoms with Gasteiger partial charge in [-0.2, -0.15) is 5.26 Å². The van der Waals surface area contributed by atoms with Crippen LogP contribution in [-0.4, -0.2) is 12.1 Å². The van der Waals surface area contributed by atoms with E-state index in [-0.39, 0.29) is 6.03 Å². The van der Waals surface area contributed by atoms with E-state index in [9.17, 15) is 4.79 Å². The molecule has 1 aromatic carbocycles. The summed E-state index contributed by atoms with van der Waals surface area (Å²) >= 11 is 0. The molecule has 0 fully saturated rings. The molecule has 0 aliphatic rings. The highest BCUT2D eigenvalue weighted by Gasteiger charge is 2.12. The standard InChI is InChI=1S/C13H17N3O/c1-10(2)8-12(9-14)16-13(17)15-11-6-4-3-5-7-11/h3-7,10,12H,8H2,1-2H3,(H2,15,16,17). The van der Waals surface area contributed by atoms with Gasteiger partial charge in [0.05, 0.1) is 6.07 Å². The smallest absolute Gasteiger partial charge is 0.320 e. The molecule has 4 heteroatoms. The Morgan fingerprint density at radius 2 is 2.00 bits per heavy atom. The molecule has 0 heterocycles. The maximum Gasteiger partial charge on any atom is 0.320 e. The summed E-state index contributed by atoms with van der Waals surface area (Å²) in [6.45, 7) is 4.03. The highest BCUT2D eigenvalue weighted by atomic mass is 16.2. The third-order valence-electron chi connectivity index (χ3n) is 2.20. The van der Waals surface area contributed by atoms with Crippen molar-refractivity contribution in [2.24, 2.45) is 5.92 Å². The quantitative estimate of drug-likeness (QED) is 0.836. The number of rotatable bonds is 4. The van der Waals surface area contributed by atoms with Gasteiger partial charge in [0.1, 0.15) is 6.04 Å². The number of benzene rings is 1. The van der Waals surface area contributed by atoms with E-state index in [4.69, 9.17) is 5.26 Å². The van der Waals surface area contributed by atoms with Crippen LogP contribution in [0.25, 0.3) is 0 Å². The van der Waals surface area contributed by atoms with Crippen molar-refractivity contribution in [3.63, 3.8) is 0 Å². The SMILES string of the molecule is CC(C)CC(C#N)NC(=O)Nc1ccccc1. The Balaban J connectivity index is 2.46. The van der Waals surface area contributed by atoms with E-state index in [0.29, 0.717) is 18.0 Å². The van der Waals surface area contributed by atoms with Crippen LogP contribution < -0.4 is 10.6 Å². The molecule has 0 aliphatic carbocycles. The van der Waals surface area contributed by atoms with Gasteiger partial charge in [0.2, 0.25) is 0 Å². The Hall–Kier alpha value is -2.02. The fraction of sp³-hybridized carbons (Fsp3) is 0.385. The average molecular weight is 231 g/mol. The summed E-state index contributed by atoms with van der Waals surface area (Å²) < 4.78 is 0. The molecule has 0 radical (unpaired) electrons. The average Bonchev–Trinajstić information content (AvgIpc) is 2.28. The van der Waals surface area contributed by atoms with Crippen molar-refractivity contribution in [1.29, 1.82) is 5.26 Å². The zero-order valence-electron chi connectivity index (χ0n) is 10.1. The number of carbonyl (C=O) groups excluding carboxylic acids is 1. The molecule has 2 amide bonds. The predicted molar refractivity (Wildman–Crippen MR) is 67.5 cm³/mol. The molecule has 0 saturated carbocycles. The number of carbonyl (C=O) groups is 1. The Kier molecular flexibility index (Phi) is 5.02. The maximum absolute atomic E-state index is 11.6. The number of nitrogens with one attached hydrogen (secondary N) is 2. The van der Waals surface area contributed by atoms with Crippen molar-refractivity contribution >= 4 is 11.7 Å². The molecule has 2 N–H and O–H groups in total. The lowest BCUT2D eigenvalue weighted by Crippen LogP contribution is -2.37. The molecular formula is C13H17N3O. The third-order valence-corrected chi connectivity index (χ3v) is 2.20. The second kappa shape index (κ2) is 6.54. The molecule has 0 saturated heterocycles. The van der Waals surface area contributed by atoms with Crippen LogP contribution in [0.4, 0.5) is 10.5 Å². The minimum absolute atomic E-state index is 0.344. The second-order valence-corrected chi connectivity index (χ2v) is 4.28. The van der Waals surface area contributed by atoms with Gasteiger partial charge in [0.25, 0.3) is 0 Å². The second-order valence-electron chi connectivity index (χ2n) is 4.28. The summed E-state index contributed by atoms with van der Waals surface area (Å²) in [7, 11) is 0. The molecule has 1 rings (SSSR count). The van der Waals surface area contributed by atoms with E-state index in [1.54, 1.807) is 12.1 Å². The van der Waals surface area contributed by atoms with E-state index >= 15 is 0 Å². The first-order valence-corrected chi connectivity index (χ1v) is 5.64. The summed E-state index contributed by atoms with van der Waals surface area (Å²) in [5, 5.41) is 14.2. The van der Waals surface area contributed by atoms with Crippen LogP contribution in [0.3, 0.4) is 0 Å². The van der Waals surface area contributed by atoms with Crippen LogP contribution in [0.1, 0.15) is 20.3 Å². The number of hydrogen-bond donors (Lipinski definition) is 2. The Labute approximate surface area is 102 Å². The number of nitriles is 1. The Morgan fingerprint density at radius 1 is 1.35 bits per heavy atom. The summed E-state index contributed by atoms with van der Waals surface area (Å²) in [4.78, 5) is 11.6. The van der Waals surface area contributed by atoms with E-state index in [2.05, 4.69) is 16.7 Å². The molecule has 4 nitrogen and oxygen atoms in total. The number of urea groups is 1. The van der Waals surface area contributed by atoms with Crippen molar-refractivity contribution < 1.29 is 4.79 Å². The number of anilines is 1. The molecule has 17 heavy (non-hydrogen) atoms. The monoisotopic (exact) mass is 231 g/mol. The molecule has 0 aromatic heterocycles. The lowest BCUT2D eigenvalue weighted by Gasteiger charge is -2.14. The van der Waals surface area contributed by atoms with Crippen molar-refractivity contribution in [3.8, 4) is 6.07 Å². The highest BCUT2D eigenvalue weighted by molar-refractivity contribution is 5.89. The van der Waals surface area contributed by atoms with Crippen molar-refractivity contribution in [3.05, 3.63) is 30.3 Å². The van der Waals surface area contributed by atoms with Crippen LogP contribution >= 0.6 is 0 Å². The molecule has 0 bridgehead atoms. The first kappa shape index (κ1) is 13.0. The van der Waals surface area contributed by atoms with Crippen molar-refractivity contribution in [1.82, 2.24) is 5.32 Å². The van der Waals surface area contributed by atoms with Gasteiger partial charge in [-0.3, -0.25) is 0 Å². The first-order valence-electron chi connectivity index (χ1n) is 5.64. The minimum Gasteiger partial charge on any atom is -0.322 e. The van der Waals surface area contributed by atoms with Crippen LogP contribution in [-0.2, 0) is 0 Å². The number of amides is 2. The number of nitrogens with zero attached hydrogens (tertiary/aromatic N) is 1. The molecule has 0 spiro atoms. The zero-order valence-corrected chi connectivity index (χ0v) is 10.1. The molecule has 1 atom stereocenters. The Morgan fingerprint density at radius 3 is 2.53 bits per heavy atom. The zero-order chi connectivity index (χ0) is 12.7. The van der Waals surface area contributed by atoms with Gasteiger partial charge in [-0.1, -0.05) is 32.0 Å². The lowest BCUT2D eigenvalue weighted by molar-refractivity contribution is 0.249. The van der Waals surface area contributed by atoms with Gasteiger partial charge in [0.15, 0.2) is 0 Å². The van der Waals surface area contributed by atoms with Crippen LogP contribution in [0.15, 0.2) is 30.3 Å². The van der Waals surface area contributed by atoms with Gasteiger partial charge >= 0.3 is 6.03 Å². The van der Waals surface area contributed by atoms with Gasteiger partial charge < -0.3 is 10.6 Å². The van der Waals surface area contributed by atoms with E-state index in [1.807, 2.05) is 32.0 Å².